The Morgan fingerprint density at radius 1 is 1.82 bits per heavy atom. The Morgan fingerprint density at radius 2 is 2.36 bits per heavy atom. The number of rotatable bonds is 3. The van der Waals surface area contributed by atoms with Gasteiger partial charge in [-0.05, 0) is 13.8 Å². The van der Waals surface area contributed by atoms with E-state index in [9.17, 15) is 14.0 Å². The third-order valence-corrected chi connectivity index (χ3v) is 1.00. The fourth-order valence-electron chi connectivity index (χ4n) is 0.442. The van der Waals surface area contributed by atoms with Crippen molar-refractivity contribution in [3.63, 3.8) is 0 Å². The lowest BCUT2D eigenvalue weighted by atomic mass is 10.1. The Hall–Kier alpha value is -1.15. The van der Waals surface area contributed by atoms with E-state index < -0.39 is 11.6 Å². The van der Waals surface area contributed by atoms with Crippen molar-refractivity contribution in [3.8, 4) is 0 Å². The summed E-state index contributed by atoms with van der Waals surface area (Å²) in [5, 5.41) is 0. The fraction of sp³-hybridized carbons (Fsp3) is 0.571. The first-order valence-corrected chi connectivity index (χ1v) is 3.12. The number of ether oxygens (including phenoxy) is 1. The Balaban J connectivity index is 4.29. The van der Waals surface area contributed by atoms with Gasteiger partial charge in [-0.2, -0.15) is 0 Å². The topological polar surface area (TPSA) is 43.4 Å². The van der Waals surface area contributed by atoms with Crippen molar-refractivity contribution >= 4 is 11.9 Å². The van der Waals surface area contributed by atoms with E-state index >= 15 is 0 Å². The van der Waals surface area contributed by atoms with E-state index in [1.54, 1.807) is 6.92 Å². The fourth-order valence-corrected chi connectivity index (χ4v) is 0.442. The molecule has 0 spiro atoms. The molecule has 0 rings (SSSR count). The summed E-state index contributed by atoms with van der Waals surface area (Å²) < 4.78 is 17.2. The maximum absolute atomic E-state index is 12.9. The number of esters is 1. The molecule has 0 saturated heterocycles. The van der Waals surface area contributed by atoms with Crippen molar-refractivity contribution in [1.29, 1.82) is 0 Å². The number of hydrogen-bond donors (Lipinski definition) is 0. The van der Waals surface area contributed by atoms with Crippen molar-refractivity contribution in [2.45, 2.75) is 19.5 Å². The summed E-state index contributed by atoms with van der Waals surface area (Å²) in [6.07, 6.45) is 0.491. The van der Waals surface area contributed by atoms with Crippen LogP contribution in [0.1, 0.15) is 13.8 Å². The third-order valence-electron chi connectivity index (χ3n) is 1.00. The maximum atomic E-state index is 12.9. The van der Waals surface area contributed by atoms with E-state index in [0.717, 1.165) is 6.92 Å². The molecule has 0 aromatic carbocycles. The molecule has 0 heterocycles. The van der Waals surface area contributed by atoms with Crippen LogP contribution in [0.15, 0.2) is 6.08 Å². The van der Waals surface area contributed by atoms with Gasteiger partial charge in [0.2, 0.25) is 5.67 Å². The largest absolute Gasteiger partial charge is 0.463 e. The van der Waals surface area contributed by atoms with Crippen molar-refractivity contribution in [3.05, 3.63) is 6.08 Å². The lowest BCUT2D eigenvalue weighted by Crippen LogP contribution is -2.29. The highest BCUT2D eigenvalue weighted by Gasteiger charge is 2.32. The van der Waals surface area contributed by atoms with Crippen LogP contribution in [0.5, 0.6) is 0 Å². The Kier molecular flexibility index (Phi) is 3.48. The summed E-state index contributed by atoms with van der Waals surface area (Å²) in [6, 6.07) is 0. The number of carbonyl (C=O) groups excluding carboxylic acids is 2. The molecule has 0 aliphatic carbocycles. The molecule has 11 heavy (non-hydrogen) atoms. The molecule has 0 radical (unpaired) electrons. The molecule has 0 aromatic rings. The molecule has 0 N–H and O–H groups in total. The van der Waals surface area contributed by atoms with Gasteiger partial charge in [0.1, 0.15) is 5.94 Å². The minimum atomic E-state index is -2.35. The summed E-state index contributed by atoms with van der Waals surface area (Å²) in [5.74, 6) is 0.130. The predicted octanol–water partition coefficient (Wildman–Crippen LogP) is 0.665. The van der Waals surface area contributed by atoms with Crippen molar-refractivity contribution in [2.24, 2.45) is 0 Å². The maximum Gasteiger partial charge on any atom is 0.348 e. The van der Waals surface area contributed by atoms with E-state index in [0.29, 0.717) is 6.08 Å². The summed E-state index contributed by atoms with van der Waals surface area (Å²) in [4.78, 5) is 20.3. The highest BCUT2D eigenvalue weighted by Crippen LogP contribution is 2.12. The molecular formula is C7H9FO3. The van der Waals surface area contributed by atoms with Crippen molar-refractivity contribution in [1.82, 2.24) is 0 Å². The van der Waals surface area contributed by atoms with Gasteiger partial charge in [-0.1, -0.05) is 0 Å². The molecule has 1 atom stereocenters. The van der Waals surface area contributed by atoms with E-state index in [1.165, 1.54) is 5.94 Å². The van der Waals surface area contributed by atoms with Crippen LogP contribution < -0.4 is 0 Å². The van der Waals surface area contributed by atoms with Gasteiger partial charge in [0, 0.05) is 6.08 Å². The smallest absolute Gasteiger partial charge is 0.348 e. The average Bonchev–Trinajstić information content (AvgIpc) is 1.88. The summed E-state index contributed by atoms with van der Waals surface area (Å²) >= 11 is 0. The van der Waals surface area contributed by atoms with Crippen LogP contribution in [0, 0.1) is 0 Å². The highest BCUT2D eigenvalue weighted by molar-refractivity contribution is 5.83. The van der Waals surface area contributed by atoms with Crippen LogP contribution in [0.2, 0.25) is 0 Å². The van der Waals surface area contributed by atoms with Crippen LogP contribution in [-0.2, 0) is 14.3 Å². The van der Waals surface area contributed by atoms with Crippen LogP contribution in [0.4, 0.5) is 4.39 Å². The molecule has 0 aliphatic heterocycles. The van der Waals surface area contributed by atoms with Crippen molar-refractivity contribution in [2.75, 3.05) is 6.61 Å². The Bertz CT molecular complexity index is 192. The Morgan fingerprint density at radius 3 is 2.73 bits per heavy atom. The number of alkyl halides is 1. The second-order valence-corrected chi connectivity index (χ2v) is 2.06. The molecule has 0 aromatic heterocycles. The molecule has 0 saturated carbocycles. The monoisotopic (exact) mass is 160 g/mol. The Labute approximate surface area is 63.8 Å². The molecular weight excluding hydrogens is 151 g/mol. The molecule has 3 nitrogen and oxygen atoms in total. The molecule has 0 amide bonds. The zero-order chi connectivity index (χ0) is 8.91. The number of carbonyl (C=O) groups is 1. The lowest BCUT2D eigenvalue weighted by Gasteiger charge is -2.11. The molecule has 1 unspecified atom stereocenters. The standard InChI is InChI=1S/C7H9FO3/c1-3-11-6(10)7(2,8)4-5-9/h4H,3H2,1-2H3. The van der Waals surface area contributed by atoms with Gasteiger partial charge in [-0.25, -0.2) is 14.0 Å². The van der Waals surface area contributed by atoms with Gasteiger partial charge < -0.3 is 4.74 Å². The van der Waals surface area contributed by atoms with Gasteiger partial charge in [0.15, 0.2) is 0 Å². The van der Waals surface area contributed by atoms with Gasteiger partial charge in [-0.15, -0.1) is 0 Å². The summed E-state index contributed by atoms with van der Waals surface area (Å²) in [6.45, 7) is 2.58. The molecule has 0 bridgehead atoms. The van der Waals surface area contributed by atoms with Crippen LogP contribution in [-0.4, -0.2) is 24.2 Å². The van der Waals surface area contributed by atoms with Crippen LogP contribution >= 0.6 is 0 Å². The molecule has 62 valence electrons. The highest BCUT2D eigenvalue weighted by atomic mass is 19.1. The predicted molar refractivity (Wildman–Crippen MR) is 36.4 cm³/mol. The number of halogens is 1. The first kappa shape index (κ1) is 9.85. The SMILES string of the molecule is CCOC(=O)C(C)(F)C=C=O. The quantitative estimate of drug-likeness (QED) is 0.450. The summed E-state index contributed by atoms with van der Waals surface area (Å²) in [7, 11) is 0. The van der Waals surface area contributed by atoms with E-state index in [2.05, 4.69) is 4.74 Å². The van der Waals surface area contributed by atoms with Gasteiger partial charge in [0.25, 0.3) is 0 Å². The normalized spacial score (nSPS) is 14.5. The minimum Gasteiger partial charge on any atom is -0.463 e. The van der Waals surface area contributed by atoms with Gasteiger partial charge >= 0.3 is 5.97 Å². The van der Waals surface area contributed by atoms with Crippen LogP contribution in [0.25, 0.3) is 0 Å². The first-order valence-electron chi connectivity index (χ1n) is 3.12. The third kappa shape index (κ3) is 2.96. The number of hydrogen-bond acceptors (Lipinski definition) is 3. The van der Waals surface area contributed by atoms with Gasteiger partial charge in [-0.3, -0.25) is 0 Å². The molecule has 0 aliphatic rings. The average molecular weight is 160 g/mol. The second kappa shape index (κ2) is 3.88. The zero-order valence-corrected chi connectivity index (χ0v) is 6.39. The van der Waals surface area contributed by atoms with Gasteiger partial charge in [0.05, 0.1) is 6.61 Å². The van der Waals surface area contributed by atoms with E-state index in [1.807, 2.05) is 0 Å². The van der Waals surface area contributed by atoms with Crippen molar-refractivity contribution < 1.29 is 18.7 Å². The lowest BCUT2D eigenvalue weighted by molar-refractivity contribution is -0.152. The summed E-state index contributed by atoms with van der Waals surface area (Å²) in [5.41, 5.74) is -2.35. The second-order valence-electron chi connectivity index (χ2n) is 2.06. The molecule has 0 fully saturated rings. The first-order chi connectivity index (χ1) is 5.04. The molecule has 4 heteroatoms. The minimum absolute atomic E-state index is 0.0883. The zero-order valence-electron chi connectivity index (χ0n) is 6.39. The van der Waals surface area contributed by atoms with E-state index in [4.69, 9.17) is 0 Å². The van der Waals surface area contributed by atoms with E-state index in [-0.39, 0.29) is 6.61 Å². The van der Waals surface area contributed by atoms with Crippen LogP contribution in [0.3, 0.4) is 0 Å².